The Kier molecular flexibility index (Phi) is 3.60. The number of aromatic carboxylic acids is 1. The first-order valence-corrected chi connectivity index (χ1v) is 8.60. The van der Waals surface area contributed by atoms with Crippen LogP contribution in [0.4, 0.5) is 0 Å². The van der Waals surface area contributed by atoms with Crippen LogP contribution in [0.25, 0.3) is 21.9 Å². The third-order valence-electron chi connectivity index (χ3n) is 5.50. The third-order valence-corrected chi connectivity index (χ3v) is 5.50. The zero-order valence-corrected chi connectivity index (χ0v) is 15.6. The van der Waals surface area contributed by atoms with Crippen molar-refractivity contribution in [2.24, 2.45) is 0 Å². The van der Waals surface area contributed by atoms with E-state index in [0.29, 0.717) is 16.9 Å². The maximum absolute atomic E-state index is 11.4. The Hall–Kier alpha value is -3.21. The number of phenols is 1. The van der Waals surface area contributed by atoms with Crippen molar-refractivity contribution in [2.45, 2.75) is 19.3 Å². The molecule has 0 aliphatic heterocycles. The van der Waals surface area contributed by atoms with Crippen molar-refractivity contribution in [1.82, 2.24) is 0 Å². The lowest BCUT2D eigenvalue weighted by Gasteiger charge is -2.22. The average Bonchev–Trinajstić information content (AvgIpc) is 2.87. The van der Waals surface area contributed by atoms with Crippen LogP contribution in [0.15, 0.2) is 36.4 Å². The highest BCUT2D eigenvalue weighted by Crippen LogP contribution is 2.54. The predicted octanol–water partition coefficient (Wildman–Crippen LogP) is 4.57. The zero-order valence-electron chi connectivity index (χ0n) is 15.6. The molecule has 0 saturated carbocycles. The van der Waals surface area contributed by atoms with Crippen molar-refractivity contribution in [3.8, 4) is 28.4 Å². The Morgan fingerprint density at radius 3 is 2.15 bits per heavy atom. The summed E-state index contributed by atoms with van der Waals surface area (Å²) in [6.45, 7) is 4.07. The lowest BCUT2D eigenvalue weighted by Crippen LogP contribution is -2.15. The van der Waals surface area contributed by atoms with E-state index in [4.69, 9.17) is 9.47 Å². The molecule has 1 aliphatic carbocycles. The Morgan fingerprint density at radius 2 is 1.56 bits per heavy atom. The Morgan fingerprint density at radius 1 is 0.926 bits per heavy atom. The summed E-state index contributed by atoms with van der Waals surface area (Å²) in [5.74, 6) is 0.317. The van der Waals surface area contributed by atoms with E-state index in [0.717, 1.165) is 27.6 Å². The van der Waals surface area contributed by atoms with Crippen molar-refractivity contribution < 1.29 is 24.5 Å². The van der Waals surface area contributed by atoms with Gasteiger partial charge in [-0.3, -0.25) is 0 Å². The van der Waals surface area contributed by atoms with Crippen LogP contribution in [0.1, 0.15) is 35.3 Å². The van der Waals surface area contributed by atoms with Gasteiger partial charge in [0.25, 0.3) is 0 Å². The van der Waals surface area contributed by atoms with Crippen molar-refractivity contribution in [1.29, 1.82) is 0 Å². The molecule has 5 heteroatoms. The maximum Gasteiger partial charge on any atom is 0.335 e. The SMILES string of the molecule is COc1cc2c(O)cc3c(c2cc1OC)-c1ccc(C(=O)O)cc1C3(C)C. The van der Waals surface area contributed by atoms with E-state index in [1.807, 2.05) is 26.0 Å². The number of rotatable bonds is 3. The van der Waals surface area contributed by atoms with Gasteiger partial charge in [-0.05, 0) is 58.0 Å². The van der Waals surface area contributed by atoms with Gasteiger partial charge in [0.15, 0.2) is 11.5 Å². The van der Waals surface area contributed by atoms with Gasteiger partial charge in [-0.25, -0.2) is 4.79 Å². The number of hydrogen-bond acceptors (Lipinski definition) is 4. The highest BCUT2D eigenvalue weighted by molar-refractivity contribution is 6.06. The van der Waals surface area contributed by atoms with Crippen LogP contribution in [0.3, 0.4) is 0 Å². The number of carboxylic acid groups (broad SMARTS) is 1. The summed E-state index contributed by atoms with van der Waals surface area (Å²) in [5, 5.41) is 21.6. The van der Waals surface area contributed by atoms with Crippen LogP contribution in [0.2, 0.25) is 0 Å². The van der Waals surface area contributed by atoms with Crippen molar-refractivity contribution in [3.63, 3.8) is 0 Å². The third kappa shape index (κ3) is 2.28. The van der Waals surface area contributed by atoms with Crippen LogP contribution < -0.4 is 9.47 Å². The first-order chi connectivity index (χ1) is 12.8. The molecule has 4 rings (SSSR count). The number of aromatic hydroxyl groups is 1. The largest absolute Gasteiger partial charge is 0.507 e. The lowest BCUT2D eigenvalue weighted by atomic mass is 9.81. The minimum Gasteiger partial charge on any atom is -0.507 e. The Balaban J connectivity index is 2.13. The van der Waals surface area contributed by atoms with E-state index in [-0.39, 0.29) is 11.3 Å². The molecular weight excluding hydrogens is 344 g/mol. The van der Waals surface area contributed by atoms with Gasteiger partial charge in [0, 0.05) is 10.8 Å². The summed E-state index contributed by atoms with van der Waals surface area (Å²) in [5.41, 5.74) is 3.66. The Bertz CT molecular complexity index is 1110. The number of benzene rings is 3. The second-order valence-electron chi connectivity index (χ2n) is 7.26. The summed E-state index contributed by atoms with van der Waals surface area (Å²) in [4.78, 5) is 11.4. The van der Waals surface area contributed by atoms with E-state index in [1.54, 1.807) is 38.5 Å². The molecule has 0 radical (unpaired) electrons. The number of fused-ring (bicyclic) bond motifs is 5. The van der Waals surface area contributed by atoms with E-state index >= 15 is 0 Å². The topological polar surface area (TPSA) is 76.0 Å². The summed E-state index contributed by atoms with van der Waals surface area (Å²) in [7, 11) is 3.13. The van der Waals surface area contributed by atoms with Crippen LogP contribution in [0.5, 0.6) is 17.2 Å². The zero-order chi connectivity index (χ0) is 19.5. The van der Waals surface area contributed by atoms with Crippen LogP contribution in [-0.2, 0) is 5.41 Å². The van der Waals surface area contributed by atoms with E-state index in [9.17, 15) is 15.0 Å². The monoisotopic (exact) mass is 364 g/mol. The molecule has 138 valence electrons. The quantitative estimate of drug-likeness (QED) is 0.712. The van der Waals surface area contributed by atoms with Crippen LogP contribution >= 0.6 is 0 Å². The number of phenolic OH excluding ortho intramolecular Hbond substituents is 1. The first kappa shape index (κ1) is 17.2. The molecular formula is C22H20O5. The number of ether oxygens (including phenoxy) is 2. The number of carboxylic acids is 1. The summed E-state index contributed by atoms with van der Waals surface area (Å²) >= 11 is 0. The molecule has 0 aromatic heterocycles. The minimum atomic E-state index is -0.955. The predicted molar refractivity (Wildman–Crippen MR) is 103 cm³/mol. The van der Waals surface area contributed by atoms with Gasteiger partial charge in [-0.1, -0.05) is 19.9 Å². The highest BCUT2D eigenvalue weighted by atomic mass is 16.5. The fourth-order valence-corrected chi connectivity index (χ4v) is 4.07. The van der Waals surface area contributed by atoms with Crippen molar-refractivity contribution in [3.05, 3.63) is 53.1 Å². The maximum atomic E-state index is 11.4. The summed E-state index contributed by atoms with van der Waals surface area (Å²) in [6.07, 6.45) is 0. The normalized spacial score (nSPS) is 13.9. The molecule has 0 spiro atoms. The molecule has 27 heavy (non-hydrogen) atoms. The van der Waals surface area contributed by atoms with Crippen molar-refractivity contribution in [2.75, 3.05) is 14.2 Å². The standard InChI is InChI=1S/C22H20O5/c1-22(2)15-7-11(21(24)25)5-6-12(15)20-14-9-19(27-4)18(26-3)8-13(14)17(23)10-16(20)22/h5-10,23H,1-4H3,(H,24,25). The van der Waals surface area contributed by atoms with Gasteiger partial charge in [0.1, 0.15) is 5.75 Å². The second-order valence-corrected chi connectivity index (χ2v) is 7.26. The number of hydrogen-bond donors (Lipinski definition) is 2. The fraction of sp³-hybridized carbons (Fsp3) is 0.227. The molecule has 0 bridgehead atoms. The molecule has 3 aromatic carbocycles. The smallest absolute Gasteiger partial charge is 0.335 e. The van der Waals surface area contributed by atoms with Gasteiger partial charge in [0.05, 0.1) is 19.8 Å². The summed E-state index contributed by atoms with van der Waals surface area (Å²) in [6, 6.07) is 10.6. The average molecular weight is 364 g/mol. The lowest BCUT2D eigenvalue weighted by molar-refractivity contribution is 0.0696. The number of carbonyl (C=O) groups is 1. The molecule has 0 unspecified atom stereocenters. The van der Waals surface area contributed by atoms with Gasteiger partial charge in [-0.2, -0.15) is 0 Å². The van der Waals surface area contributed by atoms with Crippen LogP contribution in [-0.4, -0.2) is 30.4 Å². The molecule has 1 aliphatic rings. The van der Waals surface area contributed by atoms with E-state index in [1.165, 1.54) is 0 Å². The van der Waals surface area contributed by atoms with Crippen LogP contribution in [0, 0.1) is 0 Å². The molecule has 0 heterocycles. The van der Waals surface area contributed by atoms with Gasteiger partial charge < -0.3 is 19.7 Å². The summed E-state index contributed by atoms with van der Waals surface area (Å²) < 4.78 is 10.8. The second kappa shape index (κ2) is 5.64. The van der Waals surface area contributed by atoms with Gasteiger partial charge in [-0.15, -0.1) is 0 Å². The molecule has 0 amide bonds. The fourth-order valence-electron chi connectivity index (χ4n) is 4.07. The van der Waals surface area contributed by atoms with Gasteiger partial charge in [0.2, 0.25) is 0 Å². The van der Waals surface area contributed by atoms with E-state index < -0.39 is 11.4 Å². The molecule has 5 nitrogen and oxygen atoms in total. The molecule has 3 aromatic rings. The number of methoxy groups -OCH3 is 2. The van der Waals surface area contributed by atoms with Gasteiger partial charge >= 0.3 is 5.97 Å². The molecule has 0 atom stereocenters. The molecule has 0 saturated heterocycles. The molecule has 0 fully saturated rings. The first-order valence-electron chi connectivity index (χ1n) is 8.60. The molecule has 2 N–H and O–H groups in total. The Labute approximate surface area is 156 Å². The van der Waals surface area contributed by atoms with Crippen molar-refractivity contribution >= 4 is 16.7 Å². The highest BCUT2D eigenvalue weighted by Gasteiger charge is 2.38. The van der Waals surface area contributed by atoms with E-state index in [2.05, 4.69) is 0 Å². The minimum absolute atomic E-state index is 0.157.